The molecule has 0 unspecified atom stereocenters. The zero-order chi connectivity index (χ0) is 18.8. The van der Waals surface area contributed by atoms with Crippen LogP contribution in [0, 0.1) is 6.92 Å². The SMILES string of the molecule is CCCn1c(SCc2cc(=O)n3c(C)csc3n2)nnc1-c1ccncc1. The summed E-state index contributed by atoms with van der Waals surface area (Å²) in [4.78, 5) is 21.7. The fourth-order valence-electron chi connectivity index (χ4n) is 2.85. The van der Waals surface area contributed by atoms with Crippen molar-refractivity contribution in [1.29, 1.82) is 0 Å². The molecule has 0 atom stereocenters. The molecule has 0 aliphatic rings. The van der Waals surface area contributed by atoms with Crippen molar-refractivity contribution >= 4 is 28.1 Å². The van der Waals surface area contributed by atoms with Gasteiger partial charge >= 0.3 is 0 Å². The summed E-state index contributed by atoms with van der Waals surface area (Å²) in [6.45, 7) is 4.86. The third-order valence-corrected chi connectivity index (χ3v) is 6.02. The zero-order valence-corrected chi connectivity index (χ0v) is 16.6. The summed E-state index contributed by atoms with van der Waals surface area (Å²) in [5.41, 5.74) is 2.62. The predicted octanol–water partition coefficient (Wildman–Crippen LogP) is 3.42. The maximum absolute atomic E-state index is 12.3. The summed E-state index contributed by atoms with van der Waals surface area (Å²) >= 11 is 3.03. The topological polar surface area (TPSA) is 78.0 Å². The second-order valence-electron chi connectivity index (χ2n) is 6.06. The third-order valence-electron chi connectivity index (χ3n) is 4.08. The molecule has 0 aliphatic heterocycles. The predicted molar refractivity (Wildman–Crippen MR) is 107 cm³/mol. The van der Waals surface area contributed by atoms with Crippen molar-refractivity contribution in [2.24, 2.45) is 0 Å². The van der Waals surface area contributed by atoms with Crippen LogP contribution in [0.2, 0.25) is 0 Å². The van der Waals surface area contributed by atoms with E-state index in [9.17, 15) is 4.79 Å². The van der Waals surface area contributed by atoms with E-state index in [1.54, 1.807) is 34.6 Å². The molecule has 0 spiro atoms. The van der Waals surface area contributed by atoms with Crippen molar-refractivity contribution in [2.45, 2.75) is 37.7 Å². The highest BCUT2D eigenvalue weighted by Gasteiger charge is 2.15. The number of fused-ring (bicyclic) bond motifs is 1. The molecule has 0 saturated heterocycles. The minimum atomic E-state index is -0.0400. The van der Waals surface area contributed by atoms with Crippen LogP contribution < -0.4 is 5.56 Å². The number of nitrogens with zero attached hydrogens (tertiary/aromatic N) is 6. The molecule has 0 N–H and O–H groups in total. The van der Waals surface area contributed by atoms with E-state index in [1.807, 2.05) is 24.4 Å². The van der Waals surface area contributed by atoms with Crippen LogP contribution in [-0.2, 0) is 12.3 Å². The molecular formula is C18H18N6OS2. The van der Waals surface area contributed by atoms with E-state index in [4.69, 9.17) is 0 Å². The number of thiazole rings is 1. The van der Waals surface area contributed by atoms with Crippen molar-refractivity contribution in [3.63, 3.8) is 0 Å². The van der Waals surface area contributed by atoms with Gasteiger partial charge in [0.1, 0.15) is 0 Å². The Bertz CT molecular complexity index is 1130. The van der Waals surface area contributed by atoms with Crippen molar-refractivity contribution in [3.8, 4) is 11.4 Å². The van der Waals surface area contributed by atoms with Gasteiger partial charge in [0, 0.05) is 47.4 Å². The summed E-state index contributed by atoms with van der Waals surface area (Å²) in [5.74, 6) is 1.40. The number of aryl methyl sites for hydroxylation is 1. The van der Waals surface area contributed by atoms with Crippen molar-refractivity contribution in [3.05, 3.63) is 57.7 Å². The molecule has 4 aromatic rings. The molecule has 0 aromatic carbocycles. The molecule has 27 heavy (non-hydrogen) atoms. The van der Waals surface area contributed by atoms with Crippen LogP contribution in [0.4, 0.5) is 0 Å². The van der Waals surface area contributed by atoms with E-state index in [-0.39, 0.29) is 5.56 Å². The number of hydrogen-bond donors (Lipinski definition) is 0. The first-order chi connectivity index (χ1) is 13.2. The Labute approximate surface area is 164 Å². The molecule has 0 radical (unpaired) electrons. The number of pyridine rings is 1. The molecule has 4 heterocycles. The van der Waals surface area contributed by atoms with Gasteiger partial charge in [-0.05, 0) is 25.5 Å². The average Bonchev–Trinajstić information content (AvgIpc) is 3.25. The van der Waals surface area contributed by atoms with Gasteiger partial charge in [0.2, 0.25) is 0 Å². The summed E-state index contributed by atoms with van der Waals surface area (Å²) in [6, 6.07) is 5.46. The minimum Gasteiger partial charge on any atom is -0.302 e. The van der Waals surface area contributed by atoms with E-state index in [2.05, 4.69) is 31.7 Å². The second kappa shape index (κ2) is 7.61. The van der Waals surface area contributed by atoms with E-state index in [0.717, 1.165) is 45.9 Å². The van der Waals surface area contributed by atoms with Gasteiger partial charge in [0.25, 0.3) is 5.56 Å². The molecule has 4 rings (SSSR count). The smallest absolute Gasteiger partial charge is 0.258 e. The maximum Gasteiger partial charge on any atom is 0.258 e. The van der Waals surface area contributed by atoms with Crippen LogP contribution in [0.1, 0.15) is 24.7 Å². The Morgan fingerprint density at radius 1 is 1.22 bits per heavy atom. The monoisotopic (exact) mass is 398 g/mol. The van der Waals surface area contributed by atoms with Crippen LogP contribution in [0.25, 0.3) is 16.3 Å². The van der Waals surface area contributed by atoms with Crippen molar-refractivity contribution < 1.29 is 0 Å². The molecule has 0 amide bonds. The molecule has 0 bridgehead atoms. The molecule has 4 aromatic heterocycles. The van der Waals surface area contributed by atoms with Crippen molar-refractivity contribution in [1.82, 2.24) is 29.1 Å². The molecular weight excluding hydrogens is 380 g/mol. The van der Waals surface area contributed by atoms with Gasteiger partial charge in [-0.3, -0.25) is 14.2 Å². The van der Waals surface area contributed by atoms with Crippen LogP contribution >= 0.6 is 23.1 Å². The largest absolute Gasteiger partial charge is 0.302 e. The number of aromatic nitrogens is 6. The van der Waals surface area contributed by atoms with Gasteiger partial charge in [-0.1, -0.05) is 18.7 Å². The fraction of sp³-hybridized carbons (Fsp3) is 0.278. The summed E-state index contributed by atoms with van der Waals surface area (Å²) in [5, 5.41) is 11.5. The lowest BCUT2D eigenvalue weighted by atomic mass is 10.2. The van der Waals surface area contributed by atoms with E-state index >= 15 is 0 Å². The number of thioether (sulfide) groups is 1. The molecule has 7 nitrogen and oxygen atoms in total. The Balaban J connectivity index is 1.61. The highest BCUT2D eigenvalue weighted by molar-refractivity contribution is 7.98. The van der Waals surface area contributed by atoms with Gasteiger partial charge < -0.3 is 4.57 Å². The normalized spacial score (nSPS) is 11.3. The highest BCUT2D eigenvalue weighted by atomic mass is 32.2. The Morgan fingerprint density at radius 2 is 2.04 bits per heavy atom. The minimum absolute atomic E-state index is 0.0400. The lowest BCUT2D eigenvalue weighted by Gasteiger charge is -2.08. The standard InChI is InChI=1S/C18H18N6OS2/c1-3-8-23-16(13-4-6-19-7-5-13)21-22-18(23)27-11-14-9-15(25)24-12(2)10-26-17(24)20-14/h4-7,9-10H,3,8,11H2,1-2H3. The Kier molecular flexibility index (Phi) is 5.04. The zero-order valence-electron chi connectivity index (χ0n) is 15.0. The number of rotatable bonds is 6. The maximum atomic E-state index is 12.3. The van der Waals surface area contributed by atoms with Gasteiger partial charge in [-0.15, -0.1) is 21.5 Å². The average molecular weight is 399 g/mol. The van der Waals surface area contributed by atoms with Crippen molar-refractivity contribution in [2.75, 3.05) is 0 Å². The van der Waals surface area contributed by atoms with Crippen LogP contribution in [-0.4, -0.2) is 29.1 Å². The first-order valence-electron chi connectivity index (χ1n) is 8.60. The Hall–Kier alpha value is -2.52. The third kappa shape index (κ3) is 3.52. The van der Waals surface area contributed by atoms with Gasteiger partial charge in [0.05, 0.1) is 5.69 Å². The van der Waals surface area contributed by atoms with Gasteiger partial charge in [0.15, 0.2) is 15.9 Å². The first kappa shape index (κ1) is 17.9. The van der Waals surface area contributed by atoms with Gasteiger partial charge in [-0.25, -0.2) is 4.98 Å². The highest BCUT2D eigenvalue weighted by Crippen LogP contribution is 2.26. The molecule has 0 saturated carbocycles. The number of hydrogen-bond acceptors (Lipinski definition) is 7. The quantitative estimate of drug-likeness (QED) is 0.463. The molecule has 138 valence electrons. The van der Waals surface area contributed by atoms with E-state index in [0.29, 0.717) is 5.75 Å². The lowest BCUT2D eigenvalue weighted by molar-refractivity contribution is 0.626. The molecule has 9 heteroatoms. The van der Waals surface area contributed by atoms with Crippen LogP contribution in [0.15, 0.2) is 45.9 Å². The van der Waals surface area contributed by atoms with E-state index < -0.39 is 0 Å². The summed E-state index contributed by atoms with van der Waals surface area (Å²) in [6.07, 6.45) is 4.48. The van der Waals surface area contributed by atoms with Crippen LogP contribution in [0.3, 0.4) is 0 Å². The molecule has 0 aliphatic carbocycles. The lowest BCUT2D eigenvalue weighted by Crippen LogP contribution is -2.14. The second-order valence-corrected chi connectivity index (χ2v) is 7.84. The van der Waals surface area contributed by atoms with Crippen LogP contribution in [0.5, 0.6) is 0 Å². The Morgan fingerprint density at radius 3 is 2.81 bits per heavy atom. The first-order valence-corrected chi connectivity index (χ1v) is 10.5. The summed E-state index contributed by atoms with van der Waals surface area (Å²) in [7, 11) is 0. The summed E-state index contributed by atoms with van der Waals surface area (Å²) < 4.78 is 3.75. The van der Waals surface area contributed by atoms with E-state index in [1.165, 1.54) is 11.3 Å². The fourth-order valence-corrected chi connectivity index (χ4v) is 4.60. The molecule has 0 fully saturated rings. The van der Waals surface area contributed by atoms with Gasteiger partial charge in [-0.2, -0.15) is 0 Å².